The molecule has 0 amide bonds. The number of carbonyl (C=O) groups is 1. The molecule has 1 rings (SSSR count). The van der Waals surface area contributed by atoms with Gasteiger partial charge in [-0.1, -0.05) is 30.8 Å². The van der Waals surface area contributed by atoms with Gasteiger partial charge in [-0.3, -0.25) is 4.79 Å². The maximum atomic E-state index is 12.0. The highest BCUT2D eigenvalue weighted by Gasteiger charge is 2.25. The van der Waals surface area contributed by atoms with E-state index in [-0.39, 0.29) is 5.78 Å². The van der Waals surface area contributed by atoms with Crippen LogP contribution in [0.15, 0.2) is 45.9 Å². The van der Waals surface area contributed by atoms with Gasteiger partial charge in [0.25, 0.3) is 0 Å². The van der Waals surface area contributed by atoms with Crippen molar-refractivity contribution in [1.82, 2.24) is 0 Å². The number of ether oxygens (including phenoxy) is 1. The molecule has 16 heavy (non-hydrogen) atoms. The molecule has 0 aromatic rings. The summed E-state index contributed by atoms with van der Waals surface area (Å²) in [5, 5.41) is 0. The molecule has 0 aromatic carbocycles. The van der Waals surface area contributed by atoms with Crippen LogP contribution >= 0.6 is 11.8 Å². The Balaban J connectivity index is 2.91. The van der Waals surface area contributed by atoms with E-state index in [0.717, 1.165) is 21.8 Å². The van der Waals surface area contributed by atoms with Crippen LogP contribution in [-0.4, -0.2) is 12.9 Å². The summed E-state index contributed by atoms with van der Waals surface area (Å²) in [5.74, 6) is 0.140. The van der Waals surface area contributed by atoms with Crippen LogP contribution in [-0.2, 0) is 9.53 Å². The number of ketones is 1. The number of hydrogen-bond donors (Lipinski definition) is 0. The van der Waals surface area contributed by atoms with Gasteiger partial charge in [0.1, 0.15) is 0 Å². The van der Waals surface area contributed by atoms with Crippen molar-refractivity contribution >= 4 is 17.5 Å². The van der Waals surface area contributed by atoms with Gasteiger partial charge in [0.15, 0.2) is 5.78 Å². The van der Waals surface area contributed by atoms with E-state index in [1.807, 2.05) is 26.0 Å². The Morgan fingerprint density at radius 1 is 1.44 bits per heavy atom. The molecule has 1 heterocycles. The maximum absolute atomic E-state index is 12.0. The van der Waals surface area contributed by atoms with Crippen molar-refractivity contribution in [2.24, 2.45) is 0 Å². The van der Waals surface area contributed by atoms with E-state index >= 15 is 0 Å². The van der Waals surface area contributed by atoms with Crippen LogP contribution in [0, 0.1) is 0 Å². The fourth-order valence-electron chi connectivity index (χ4n) is 1.42. The molecule has 0 bridgehead atoms. The topological polar surface area (TPSA) is 26.3 Å². The first-order valence-corrected chi connectivity index (χ1v) is 6.04. The first-order chi connectivity index (χ1) is 7.74. The molecule has 0 radical (unpaired) electrons. The summed E-state index contributed by atoms with van der Waals surface area (Å²) in [6.07, 6.45) is 9.81. The normalized spacial score (nSPS) is 19.7. The molecule has 0 saturated heterocycles. The Bertz CT molecular complexity index is 387. The minimum absolute atomic E-state index is 0.140. The zero-order valence-corrected chi connectivity index (χ0v) is 10.6. The number of carbonyl (C=O) groups excluding carboxylic acids is 1. The van der Waals surface area contributed by atoms with E-state index in [1.165, 1.54) is 11.8 Å². The van der Waals surface area contributed by atoms with E-state index in [2.05, 4.69) is 0 Å². The molecule has 2 nitrogen and oxygen atoms in total. The van der Waals surface area contributed by atoms with E-state index in [1.54, 1.807) is 25.5 Å². The summed E-state index contributed by atoms with van der Waals surface area (Å²) in [7, 11) is 1.58. The van der Waals surface area contributed by atoms with Crippen molar-refractivity contribution in [2.45, 2.75) is 20.3 Å². The summed E-state index contributed by atoms with van der Waals surface area (Å²) in [6.45, 7) is 3.96. The molecule has 0 N–H and O–H groups in total. The Morgan fingerprint density at radius 3 is 2.75 bits per heavy atom. The lowest BCUT2D eigenvalue weighted by atomic mass is 10.1. The highest BCUT2D eigenvalue weighted by Crippen LogP contribution is 2.40. The largest absolute Gasteiger partial charge is 0.504 e. The number of Topliss-reactive ketones (excluding diaryl/α,β-unsaturated/α-hetero) is 1. The minimum Gasteiger partial charge on any atom is -0.504 e. The Kier molecular flexibility index (Phi) is 5.12. The van der Waals surface area contributed by atoms with Gasteiger partial charge in [0.2, 0.25) is 0 Å². The Labute approximate surface area is 101 Å². The number of allylic oxidation sites excluding steroid dienone is 6. The second kappa shape index (κ2) is 6.38. The van der Waals surface area contributed by atoms with Gasteiger partial charge in [-0.05, 0) is 25.5 Å². The van der Waals surface area contributed by atoms with E-state index in [0.29, 0.717) is 0 Å². The van der Waals surface area contributed by atoms with Gasteiger partial charge in [-0.15, -0.1) is 0 Å². The van der Waals surface area contributed by atoms with Crippen LogP contribution < -0.4 is 0 Å². The van der Waals surface area contributed by atoms with Crippen LogP contribution in [0.5, 0.6) is 0 Å². The lowest BCUT2D eigenvalue weighted by molar-refractivity contribution is -0.111. The third-order valence-corrected chi connectivity index (χ3v) is 3.29. The molecule has 1 aliphatic heterocycles. The van der Waals surface area contributed by atoms with Gasteiger partial charge < -0.3 is 4.74 Å². The van der Waals surface area contributed by atoms with Crippen LogP contribution in [0.2, 0.25) is 0 Å². The predicted octanol–water partition coefficient (Wildman–Crippen LogP) is 3.59. The standard InChI is InChI=1S/C13H16O2S/c1-4-7-11-10(5-2)13(14)12(16-11)8-6-9-15-3/h4,6-9H,5H2,1-3H3/b7-4-,9-6+,12-8+. The first-order valence-electron chi connectivity index (χ1n) is 5.22. The first kappa shape index (κ1) is 12.8. The highest BCUT2D eigenvalue weighted by molar-refractivity contribution is 8.08. The quantitative estimate of drug-likeness (QED) is 0.551. The van der Waals surface area contributed by atoms with Crippen molar-refractivity contribution in [1.29, 1.82) is 0 Å². The average molecular weight is 236 g/mol. The third kappa shape index (κ3) is 2.89. The van der Waals surface area contributed by atoms with Crippen molar-refractivity contribution < 1.29 is 9.53 Å². The summed E-state index contributed by atoms with van der Waals surface area (Å²) in [4.78, 5) is 13.8. The third-order valence-electron chi connectivity index (χ3n) is 2.15. The second-order valence-corrected chi connectivity index (χ2v) is 4.31. The van der Waals surface area contributed by atoms with Gasteiger partial charge in [-0.2, -0.15) is 0 Å². The zero-order chi connectivity index (χ0) is 12.0. The van der Waals surface area contributed by atoms with Crippen LogP contribution in [0.1, 0.15) is 20.3 Å². The lowest BCUT2D eigenvalue weighted by Gasteiger charge is -1.94. The molecular weight excluding hydrogens is 220 g/mol. The SMILES string of the molecule is C/C=C\C1=C(CC)C(=O)/C(=C\C=C\OC)S1. The Morgan fingerprint density at radius 2 is 2.19 bits per heavy atom. The van der Waals surface area contributed by atoms with Gasteiger partial charge >= 0.3 is 0 Å². The molecule has 0 unspecified atom stereocenters. The molecule has 0 aliphatic carbocycles. The highest BCUT2D eigenvalue weighted by atomic mass is 32.2. The monoisotopic (exact) mass is 236 g/mol. The number of rotatable bonds is 4. The number of thioether (sulfide) groups is 1. The number of hydrogen-bond acceptors (Lipinski definition) is 3. The van der Waals surface area contributed by atoms with Crippen molar-refractivity contribution in [3.63, 3.8) is 0 Å². The molecule has 3 heteroatoms. The smallest absolute Gasteiger partial charge is 0.196 e. The van der Waals surface area contributed by atoms with E-state index in [9.17, 15) is 4.79 Å². The minimum atomic E-state index is 0.140. The summed E-state index contributed by atoms with van der Waals surface area (Å²) in [5.41, 5.74) is 0.903. The summed E-state index contributed by atoms with van der Waals surface area (Å²) >= 11 is 1.52. The van der Waals surface area contributed by atoms with Gasteiger partial charge in [-0.25, -0.2) is 0 Å². The molecule has 0 spiro atoms. The van der Waals surface area contributed by atoms with Crippen molar-refractivity contribution in [3.8, 4) is 0 Å². The summed E-state index contributed by atoms with van der Waals surface area (Å²) in [6, 6.07) is 0. The Hall–Kier alpha value is -1.22. The average Bonchev–Trinajstić information content (AvgIpc) is 2.56. The van der Waals surface area contributed by atoms with Gasteiger partial charge in [0.05, 0.1) is 18.3 Å². The molecule has 0 fully saturated rings. The maximum Gasteiger partial charge on any atom is 0.196 e. The fourth-order valence-corrected chi connectivity index (χ4v) is 2.59. The van der Waals surface area contributed by atoms with Crippen LogP contribution in [0.4, 0.5) is 0 Å². The summed E-state index contributed by atoms with van der Waals surface area (Å²) < 4.78 is 4.79. The van der Waals surface area contributed by atoms with Crippen molar-refractivity contribution in [3.05, 3.63) is 45.9 Å². The van der Waals surface area contributed by atoms with Crippen LogP contribution in [0.25, 0.3) is 0 Å². The zero-order valence-electron chi connectivity index (χ0n) is 9.82. The fraction of sp³-hybridized carbons (Fsp3) is 0.308. The van der Waals surface area contributed by atoms with Crippen molar-refractivity contribution in [2.75, 3.05) is 7.11 Å². The number of methoxy groups -OCH3 is 1. The lowest BCUT2D eigenvalue weighted by Crippen LogP contribution is -1.97. The van der Waals surface area contributed by atoms with E-state index < -0.39 is 0 Å². The predicted molar refractivity (Wildman–Crippen MR) is 69.0 cm³/mol. The van der Waals surface area contributed by atoms with E-state index in [4.69, 9.17) is 4.74 Å². The molecular formula is C13H16O2S. The molecule has 0 aromatic heterocycles. The molecule has 0 atom stereocenters. The molecule has 86 valence electrons. The molecule has 0 saturated carbocycles. The molecule has 1 aliphatic rings. The van der Waals surface area contributed by atoms with Crippen LogP contribution in [0.3, 0.4) is 0 Å². The second-order valence-electron chi connectivity index (χ2n) is 3.22. The van der Waals surface area contributed by atoms with Gasteiger partial charge in [0, 0.05) is 10.5 Å².